The summed E-state index contributed by atoms with van der Waals surface area (Å²) in [5.41, 5.74) is 4.86. The molecule has 4 heterocycles. The van der Waals surface area contributed by atoms with Gasteiger partial charge in [-0.15, -0.1) is 0 Å². The van der Waals surface area contributed by atoms with E-state index in [1.807, 2.05) is 24.4 Å². The van der Waals surface area contributed by atoms with Gasteiger partial charge in [-0.2, -0.15) is 0 Å². The quantitative estimate of drug-likeness (QED) is 0.568. The minimum Gasteiger partial charge on any atom is -0.361 e. The van der Waals surface area contributed by atoms with Gasteiger partial charge < -0.3 is 9.88 Å². The summed E-state index contributed by atoms with van der Waals surface area (Å²) in [6.07, 6.45) is 4.73. The predicted octanol–water partition coefficient (Wildman–Crippen LogP) is 3.45. The molecule has 1 atom stereocenters. The largest absolute Gasteiger partial charge is 0.361 e. The van der Waals surface area contributed by atoms with Gasteiger partial charge >= 0.3 is 0 Å². The van der Waals surface area contributed by atoms with E-state index in [1.165, 1.54) is 11.6 Å². The number of hydrogen-bond donors (Lipinski definition) is 2. The highest BCUT2D eigenvalue weighted by Crippen LogP contribution is 2.34. The van der Waals surface area contributed by atoms with Gasteiger partial charge in [-0.25, -0.2) is 4.39 Å². The lowest BCUT2D eigenvalue weighted by atomic mass is 9.89. The van der Waals surface area contributed by atoms with Crippen LogP contribution in [0.1, 0.15) is 58.6 Å². The van der Waals surface area contributed by atoms with Crippen molar-refractivity contribution in [3.63, 3.8) is 0 Å². The van der Waals surface area contributed by atoms with E-state index < -0.39 is 6.04 Å². The molecule has 7 nitrogen and oxygen atoms in total. The Hall–Kier alpha value is -3.52. The zero-order valence-corrected chi connectivity index (χ0v) is 19.4. The number of carbonyl (C=O) groups excluding carboxylic acids is 3. The molecule has 1 unspecified atom stereocenters. The summed E-state index contributed by atoms with van der Waals surface area (Å²) < 4.78 is 13.5. The van der Waals surface area contributed by atoms with E-state index in [1.54, 1.807) is 11.0 Å². The van der Waals surface area contributed by atoms with Crippen LogP contribution in [0.15, 0.2) is 42.6 Å². The first-order valence-electron chi connectivity index (χ1n) is 12.2. The van der Waals surface area contributed by atoms with E-state index in [-0.39, 0.29) is 30.0 Å². The molecular formula is C27H27FN4O3. The molecule has 2 saturated heterocycles. The normalized spacial score (nSPS) is 21.6. The van der Waals surface area contributed by atoms with Gasteiger partial charge in [-0.05, 0) is 79.2 Å². The Kier molecular flexibility index (Phi) is 5.40. The molecule has 0 radical (unpaired) electrons. The SMILES string of the molecule is O=C1CCC(N2Cc3cc(CN4CCC(c5c[nH]c6cc(F)ccc56)CC4)ccc3C2=O)C(=O)N1. The van der Waals surface area contributed by atoms with Crippen LogP contribution in [0.2, 0.25) is 0 Å². The third-order valence-electron chi connectivity index (χ3n) is 7.70. The topological polar surface area (TPSA) is 85.5 Å². The molecule has 8 heteroatoms. The number of carbonyl (C=O) groups is 3. The average Bonchev–Trinajstić information content (AvgIpc) is 3.40. The Bertz CT molecular complexity index is 1340. The lowest BCUT2D eigenvalue weighted by Crippen LogP contribution is -2.52. The number of nitrogens with one attached hydrogen (secondary N) is 2. The first-order chi connectivity index (χ1) is 17.0. The molecule has 3 aromatic rings. The Labute approximate surface area is 202 Å². The van der Waals surface area contributed by atoms with Crippen LogP contribution in [0.5, 0.6) is 0 Å². The number of aromatic nitrogens is 1. The van der Waals surface area contributed by atoms with Crippen LogP contribution in [0.4, 0.5) is 4.39 Å². The van der Waals surface area contributed by atoms with Gasteiger partial charge in [0.25, 0.3) is 5.91 Å². The highest BCUT2D eigenvalue weighted by molar-refractivity contribution is 6.05. The molecule has 0 aliphatic carbocycles. The molecule has 0 bridgehead atoms. The number of benzene rings is 2. The molecule has 3 aliphatic rings. The molecule has 3 amide bonds. The minimum atomic E-state index is -0.587. The van der Waals surface area contributed by atoms with Crippen molar-refractivity contribution in [2.24, 2.45) is 0 Å². The summed E-state index contributed by atoms with van der Waals surface area (Å²) in [5, 5.41) is 3.45. The van der Waals surface area contributed by atoms with Gasteiger partial charge in [-0.3, -0.25) is 24.6 Å². The zero-order chi connectivity index (χ0) is 24.1. The highest BCUT2D eigenvalue weighted by atomic mass is 19.1. The number of likely N-dealkylation sites (tertiary alicyclic amines) is 1. The molecule has 2 fully saturated rings. The van der Waals surface area contributed by atoms with E-state index in [2.05, 4.69) is 21.3 Å². The first kappa shape index (κ1) is 22.0. The van der Waals surface area contributed by atoms with Crippen molar-refractivity contribution in [2.75, 3.05) is 13.1 Å². The Balaban J connectivity index is 1.10. The fraction of sp³-hybridized carbons (Fsp3) is 0.370. The third-order valence-corrected chi connectivity index (χ3v) is 7.70. The van der Waals surface area contributed by atoms with Gasteiger partial charge in [0, 0.05) is 42.2 Å². The van der Waals surface area contributed by atoms with Crippen molar-refractivity contribution in [1.82, 2.24) is 20.1 Å². The summed E-state index contributed by atoms with van der Waals surface area (Å²) >= 11 is 0. The van der Waals surface area contributed by atoms with Crippen molar-refractivity contribution in [1.29, 1.82) is 0 Å². The molecule has 180 valence electrons. The molecular weight excluding hydrogens is 447 g/mol. The first-order valence-corrected chi connectivity index (χ1v) is 12.2. The number of amides is 3. The number of fused-ring (bicyclic) bond motifs is 2. The van der Waals surface area contributed by atoms with Crippen LogP contribution in [-0.4, -0.2) is 51.6 Å². The number of aromatic amines is 1. The maximum atomic E-state index is 13.5. The smallest absolute Gasteiger partial charge is 0.255 e. The van der Waals surface area contributed by atoms with Gasteiger partial charge in [0.05, 0.1) is 0 Å². The van der Waals surface area contributed by atoms with Crippen LogP contribution >= 0.6 is 0 Å². The average molecular weight is 475 g/mol. The van der Waals surface area contributed by atoms with Crippen molar-refractivity contribution in [3.05, 3.63) is 70.7 Å². The number of halogens is 1. The fourth-order valence-corrected chi connectivity index (χ4v) is 5.85. The minimum absolute atomic E-state index is 0.138. The van der Waals surface area contributed by atoms with Crippen LogP contribution in [0, 0.1) is 5.82 Å². The second kappa shape index (κ2) is 8.61. The van der Waals surface area contributed by atoms with Crippen LogP contribution in [-0.2, 0) is 22.7 Å². The number of nitrogens with zero attached hydrogens (tertiary/aromatic N) is 2. The fourth-order valence-electron chi connectivity index (χ4n) is 5.85. The van der Waals surface area contributed by atoms with Gasteiger partial charge in [0.1, 0.15) is 11.9 Å². The van der Waals surface area contributed by atoms with E-state index >= 15 is 0 Å². The summed E-state index contributed by atoms with van der Waals surface area (Å²) in [5.74, 6) is -0.575. The standard InChI is InChI=1S/C27H27FN4O3/c28-19-2-4-21-22(13-29-23(21)12-19)17-7-9-31(10-8-17)14-16-1-3-20-18(11-16)15-32(27(20)35)24-5-6-25(33)30-26(24)34/h1-4,11-13,17,24,29H,5-10,14-15H2,(H,30,33,34). The zero-order valence-electron chi connectivity index (χ0n) is 19.4. The number of hydrogen-bond acceptors (Lipinski definition) is 4. The molecule has 0 spiro atoms. The third kappa shape index (κ3) is 4.01. The maximum Gasteiger partial charge on any atom is 0.255 e. The summed E-state index contributed by atoms with van der Waals surface area (Å²) in [6, 6.07) is 10.3. The van der Waals surface area contributed by atoms with Gasteiger partial charge in [0.2, 0.25) is 11.8 Å². The molecule has 2 N–H and O–H groups in total. The van der Waals surface area contributed by atoms with Crippen molar-refractivity contribution >= 4 is 28.6 Å². The van der Waals surface area contributed by atoms with E-state index in [9.17, 15) is 18.8 Å². The summed E-state index contributed by atoms with van der Waals surface area (Å²) in [6.45, 7) is 3.15. The lowest BCUT2D eigenvalue weighted by molar-refractivity contribution is -0.136. The van der Waals surface area contributed by atoms with Crippen LogP contribution in [0.25, 0.3) is 10.9 Å². The Morgan fingerprint density at radius 3 is 2.63 bits per heavy atom. The van der Waals surface area contributed by atoms with E-state index in [0.29, 0.717) is 24.4 Å². The maximum absolute atomic E-state index is 13.5. The summed E-state index contributed by atoms with van der Waals surface area (Å²) in [4.78, 5) is 43.9. The molecule has 3 aliphatic heterocycles. The second-order valence-corrected chi connectivity index (χ2v) is 9.88. The molecule has 6 rings (SSSR count). The second-order valence-electron chi connectivity index (χ2n) is 9.88. The number of rotatable bonds is 4. The van der Waals surface area contributed by atoms with Crippen LogP contribution in [0.3, 0.4) is 0 Å². The lowest BCUT2D eigenvalue weighted by Gasteiger charge is -2.32. The Morgan fingerprint density at radius 2 is 1.83 bits per heavy atom. The molecule has 2 aromatic carbocycles. The highest BCUT2D eigenvalue weighted by Gasteiger charge is 2.39. The number of imide groups is 1. The van der Waals surface area contributed by atoms with Crippen LogP contribution < -0.4 is 5.32 Å². The predicted molar refractivity (Wildman–Crippen MR) is 128 cm³/mol. The van der Waals surface area contributed by atoms with Gasteiger partial charge in [0.15, 0.2) is 0 Å². The van der Waals surface area contributed by atoms with E-state index in [0.717, 1.165) is 54.5 Å². The van der Waals surface area contributed by atoms with Crippen molar-refractivity contribution < 1.29 is 18.8 Å². The van der Waals surface area contributed by atoms with Crippen molar-refractivity contribution in [3.8, 4) is 0 Å². The summed E-state index contributed by atoms with van der Waals surface area (Å²) in [7, 11) is 0. The van der Waals surface area contributed by atoms with Crippen molar-refractivity contribution in [2.45, 2.75) is 50.7 Å². The Morgan fingerprint density at radius 1 is 1.00 bits per heavy atom. The van der Waals surface area contributed by atoms with Gasteiger partial charge in [-0.1, -0.05) is 12.1 Å². The molecule has 0 saturated carbocycles. The number of piperidine rings is 2. The monoisotopic (exact) mass is 474 g/mol. The van der Waals surface area contributed by atoms with E-state index in [4.69, 9.17) is 0 Å². The molecule has 35 heavy (non-hydrogen) atoms. The molecule has 1 aromatic heterocycles. The number of H-pyrrole nitrogens is 1.